The molecule has 2 aromatic carbocycles. The number of benzene rings is 2. The lowest BCUT2D eigenvalue weighted by molar-refractivity contribution is 0.0628. The van der Waals surface area contributed by atoms with Gasteiger partial charge in [-0.25, -0.2) is 4.39 Å². The fourth-order valence-corrected chi connectivity index (χ4v) is 3.74. The molecule has 3 aromatic rings. The molecule has 2 heterocycles. The van der Waals surface area contributed by atoms with Gasteiger partial charge >= 0.3 is 0 Å². The molecule has 4 rings (SSSR count). The Hall–Kier alpha value is -3.19. The number of halogens is 1. The highest BCUT2D eigenvalue weighted by Gasteiger charge is 2.22. The van der Waals surface area contributed by atoms with Crippen LogP contribution in [0.2, 0.25) is 0 Å². The van der Waals surface area contributed by atoms with Gasteiger partial charge in [-0.1, -0.05) is 17.3 Å². The summed E-state index contributed by atoms with van der Waals surface area (Å²) in [6.45, 7) is 7.64. The number of rotatable bonds is 6. The van der Waals surface area contributed by atoms with Crippen LogP contribution >= 0.6 is 0 Å². The van der Waals surface area contributed by atoms with Crippen molar-refractivity contribution in [3.63, 3.8) is 0 Å². The molecular formula is C24H26FN3O3. The minimum atomic E-state index is -0.217. The molecule has 1 aliphatic rings. The molecule has 31 heavy (non-hydrogen) atoms. The van der Waals surface area contributed by atoms with Crippen molar-refractivity contribution in [3.05, 3.63) is 82.5 Å². The van der Waals surface area contributed by atoms with Gasteiger partial charge in [-0.2, -0.15) is 0 Å². The van der Waals surface area contributed by atoms with Crippen LogP contribution in [0.5, 0.6) is 5.75 Å². The van der Waals surface area contributed by atoms with E-state index in [-0.39, 0.29) is 11.7 Å². The van der Waals surface area contributed by atoms with Crippen LogP contribution in [0.1, 0.15) is 32.9 Å². The maximum atomic E-state index is 13.4. The van der Waals surface area contributed by atoms with E-state index in [4.69, 9.17) is 9.26 Å². The van der Waals surface area contributed by atoms with E-state index in [2.05, 4.69) is 10.1 Å². The maximum absolute atomic E-state index is 13.4. The fourth-order valence-electron chi connectivity index (χ4n) is 3.74. The zero-order valence-corrected chi connectivity index (χ0v) is 17.8. The van der Waals surface area contributed by atoms with Gasteiger partial charge in [0.2, 0.25) is 0 Å². The highest BCUT2D eigenvalue weighted by Crippen LogP contribution is 2.19. The first-order valence-corrected chi connectivity index (χ1v) is 10.4. The molecule has 0 N–H and O–H groups in total. The van der Waals surface area contributed by atoms with Crippen molar-refractivity contribution >= 4 is 5.91 Å². The van der Waals surface area contributed by atoms with Gasteiger partial charge in [-0.05, 0) is 55.8 Å². The molecule has 0 atom stereocenters. The van der Waals surface area contributed by atoms with E-state index in [1.807, 2.05) is 36.9 Å². The Morgan fingerprint density at radius 2 is 1.84 bits per heavy atom. The first kappa shape index (κ1) is 21.1. The molecule has 0 saturated carbocycles. The Labute approximate surface area is 181 Å². The number of carbonyl (C=O) groups excluding carboxylic acids is 1. The van der Waals surface area contributed by atoms with Crippen molar-refractivity contribution in [1.29, 1.82) is 0 Å². The van der Waals surface area contributed by atoms with Gasteiger partial charge in [0.1, 0.15) is 23.9 Å². The van der Waals surface area contributed by atoms with Crippen molar-refractivity contribution in [1.82, 2.24) is 15.0 Å². The summed E-state index contributed by atoms with van der Waals surface area (Å²) in [4.78, 5) is 17.0. The van der Waals surface area contributed by atoms with E-state index >= 15 is 0 Å². The molecule has 162 valence electrons. The van der Waals surface area contributed by atoms with Crippen molar-refractivity contribution < 1.29 is 18.4 Å². The lowest BCUT2D eigenvalue weighted by Crippen LogP contribution is -2.48. The van der Waals surface area contributed by atoms with Crippen LogP contribution in [0.4, 0.5) is 4.39 Å². The highest BCUT2D eigenvalue weighted by molar-refractivity contribution is 5.94. The summed E-state index contributed by atoms with van der Waals surface area (Å²) in [6.07, 6.45) is 0. The van der Waals surface area contributed by atoms with E-state index < -0.39 is 0 Å². The van der Waals surface area contributed by atoms with Gasteiger partial charge < -0.3 is 14.2 Å². The summed E-state index contributed by atoms with van der Waals surface area (Å²) in [5.74, 6) is 1.24. The Bertz CT molecular complexity index is 1020. The number of hydrogen-bond acceptors (Lipinski definition) is 5. The molecule has 1 aliphatic heterocycles. The quantitative estimate of drug-likeness (QED) is 0.601. The van der Waals surface area contributed by atoms with Gasteiger partial charge in [0, 0.05) is 38.3 Å². The summed E-state index contributed by atoms with van der Waals surface area (Å²) >= 11 is 0. The van der Waals surface area contributed by atoms with Gasteiger partial charge in [-0.3, -0.25) is 9.69 Å². The van der Waals surface area contributed by atoms with Crippen molar-refractivity contribution in [2.24, 2.45) is 0 Å². The summed E-state index contributed by atoms with van der Waals surface area (Å²) in [5, 5.41) is 3.92. The second-order valence-corrected chi connectivity index (χ2v) is 7.81. The number of aryl methyl sites for hydroxylation is 2. The SMILES string of the molecule is Cc1noc(C)c1COc1ccc(C(=O)N2CCN(Cc3cccc(F)c3)CC2)cc1. The number of nitrogens with zero attached hydrogens (tertiary/aromatic N) is 3. The third kappa shape index (κ3) is 5.11. The van der Waals surface area contributed by atoms with Crippen molar-refractivity contribution in [2.75, 3.05) is 26.2 Å². The number of amides is 1. The summed E-state index contributed by atoms with van der Waals surface area (Å²) < 4.78 is 24.3. The molecule has 0 unspecified atom stereocenters. The average Bonchev–Trinajstić information content (AvgIpc) is 3.10. The number of hydrogen-bond donors (Lipinski definition) is 0. The second-order valence-electron chi connectivity index (χ2n) is 7.81. The molecule has 0 aliphatic carbocycles. The van der Waals surface area contributed by atoms with Crippen LogP contribution in [0.15, 0.2) is 53.1 Å². The maximum Gasteiger partial charge on any atom is 0.253 e. The van der Waals surface area contributed by atoms with Crippen LogP contribution in [-0.4, -0.2) is 47.0 Å². The molecule has 0 radical (unpaired) electrons. The second kappa shape index (κ2) is 9.31. The van der Waals surface area contributed by atoms with E-state index in [9.17, 15) is 9.18 Å². The van der Waals surface area contributed by atoms with E-state index in [0.29, 0.717) is 37.6 Å². The molecule has 7 heteroatoms. The minimum absolute atomic E-state index is 0.0164. The number of ether oxygens (including phenoxy) is 1. The van der Waals surface area contributed by atoms with Crippen LogP contribution in [0, 0.1) is 19.7 Å². The van der Waals surface area contributed by atoms with E-state index in [0.717, 1.165) is 35.7 Å². The standard InChI is InChI=1S/C24H26FN3O3/c1-17-23(18(2)31-26-17)16-30-22-8-6-20(7-9-22)24(29)28-12-10-27(11-13-28)15-19-4-3-5-21(25)14-19/h3-9,14H,10-13,15-16H2,1-2H3. The van der Waals surface area contributed by atoms with E-state index in [1.165, 1.54) is 6.07 Å². The van der Waals surface area contributed by atoms with Crippen LogP contribution in [0.3, 0.4) is 0 Å². The third-order valence-electron chi connectivity index (χ3n) is 5.62. The largest absolute Gasteiger partial charge is 0.489 e. The minimum Gasteiger partial charge on any atom is -0.489 e. The molecule has 6 nitrogen and oxygen atoms in total. The molecule has 0 spiro atoms. The van der Waals surface area contributed by atoms with Crippen LogP contribution in [-0.2, 0) is 13.2 Å². The van der Waals surface area contributed by atoms with E-state index in [1.54, 1.807) is 24.3 Å². The lowest BCUT2D eigenvalue weighted by Gasteiger charge is -2.34. The Kier molecular flexibility index (Phi) is 6.32. The van der Waals surface area contributed by atoms with Gasteiger partial charge in [-0.15, -0.1) is 0 Å². The zero-order valence-electron chi connectivity index (χ0n) is 17.8. The monoisotopic (exact) mass is 423 g/mol. The molecular weight excluding hydrogens is 397 g/mol. The van der Waals surface area contributed by atoms with Crippen molar-refractivity contribution in [2.45, 2.75) is 27.0 Å². The smallest absolute Gasteiger partial charge is 0.253 e. The first-order valence-electron chi connectivity index (χ1n) is 10.4. The number of carbonyl (C=O) groups is 1. The first-order chi connectivity index (χ1) is 15.0. The number of aromatic nitrogens is 1. The Morgan fingerprint density at radius 1 is 1.10 bits per heavy atom. The predicted molar refractivity (Wildman–Crippen MR) is 114 cm³/mol. The number of piperazine rings is 1. The van der Waals surface area contributed by atoms with Crippen molar-refractivity contribution in [3.8, 4) is 5.75 Å². The van der Waals surface area contributed by atoms with Crippen LogP contribution in [0.25, 0.3) is 0 Å². The normalized spacial score (nSPS) is 14.6. The third-order valence-corrected chi connectivity index (χ3v) is 5.62. The lowest BCUT2D eigenvalue weighted by atomic mass is 10.1. The molecule has 1 aromatic heterocycles. The predicted octanol–water partition coefficient (Wildman–Crippen LogP) is 3.97. The Balaban J connectivity index is 1.28. The van der Waals surface area contributed by atoms with Crippen LogP contribution < -0.4 is 4.74 Å². The highest BCUT2D eigenvalue weighted by atomic mass is 19.1. The van der Waals surface area contributed by atoms with Gasteiger partial charge in [0.15, 0.2) is 0 Å². The fraction of sp³-hybridized carbons (Fsp3) is 0.333. The molecule has 1 fully saturated rings. The molecule has 1 saturated heterocycles. The topological polar surface area (TPSA) is 58.8 Å². The zero-order chi connectivity index (χ0) is 21.8. The summed E-state index contributed by atoms with van der Waals surface area (Å²) in [6, 6.07) is 13.9. The average molecular weight is 423 g/mol. The van der Waals surface area contributed by atoms with Gasteiger partial charge in [0.25, 0.3) is 5.91 Å². The summed E-state index contributed by atoms with van der Waals surface area (Å²) in [7, 11) is 0. The molecule has 0 bridgehead atoms. The summed E-state index contributed by atoms with van der Waals surface area (Å²) in [5.41, 5.74) is 3.35. The van der Waals surface area contributed by atoms with Gasteiger partial charge in [0.05, 0.1) is 11.3 Å². The molecule has 1 amide bonds. The Morgan fingerprint density at radius 3 is 2.48 bits per heavy atom.